The number of anilines is 1. The highest BCUT2D eigenvalue weighted by molar-refractivity contribution is 7.80. The van der Waals surface area contributed by atoms with E-state index < -0.39 is 11.4 Å². The SMILES string of the molecule is Cc1ccc2c(c1)N(C(=O)c1cccc(F)c1)C(C)(C)c1ssc(=S)c1-2. The summed E-state index contributed by atoms with van der Waals surface area (Å²) in [5.74, 6) is -0.627. The first kappa shape index (κ1) is 17.5. The van der Waals surface area contributed by atoms with E-state index in [1.807, 2.05) is 39.0 Å². The van der Waals surface area contributed by atoms with Gasteiger partial charge in [0.2, 0.25) is 0 Å². The molecule has 132 valence electrons. The van der Waals surface area contributed by atoms with Gasteiger partial charge in [-0.3, -0.25) is 9.69 Å². The molecule has 1 amide bonds. The van der Waals surface area contributed by atoms with Crippen LogP contribution in [0.15, 0.2) is 42.5 Å². The second-order valence-electron chi connectivity index (χ2n) is 6.89. The highest BCUT2D eigenvalue weighted by atomic mass is 32.9. The number of nitrogens with zero attached hydrogens (tertiary/aromatic N) is 1. The number of hydrogen-bond donors (Lipinski definition) is 0. The summed E-state index contributed by atoms with van der Waals surface area (Å²) >= 11 is 5.57. The van der Waals surface area contributed by atoms with Gasteiger partial charge in [0.1, 0.15) is 9.64 Å². The summed E-state index contributed by atoms with van der Waals surface area (Å²) < 4.78 is 14.6. The lowest BCUT2D eigenvalue weighted by Crippen LogP contribution is -2.47. The molecular weight excluding hydrogens is 385 g/mol. The second-order valence-corrected chi connectivity index (χ2v) is 9.71. The average Bonchev–Trinajstić information content (AvgIpc) is 2.97. The molecule has 0 atom stereocenters. The van der Waals surface area contributed by atoms with E-state index in [0.29, 0.717) is 5.56 Å². The number of fused-ring (bicyclic) bond motifs is 3. The Balaban J connectivity index is 1.99. The number of hydrogen-bond acceptors (Lipinski definition) is 4. The molecule has 0 saturated heterocycles. The second kappa shape index (κ2) is 6.08. The van der Waals surface area contributed by atoms with Crippen molar-refractivity contribution in [2.24, 2.45) is 0 Å². The Kier molecular flexibility index (Phi) is 4.10. The topological polar surface area (TPSA) is 20.3 Å². The number of rotatable bonds is 1. The number of carbonyl (C=O) groups is 1. The molecule has 4 rings (SSSR count). The predicted octanol–water partition coefficient (Wildman–Crippen LogP) is 6.55. The zero-order valence-electron chi connectivity index (χ0n) is 14.5. The Morgan fingerprint density at radius 3 is 2.65 bits per heavy atom. The van der Waals surface area contributed by atoms with Crippen LogP contribution in [0.5, 0.6) is 0 Å². The van der Waals surface area contributed by atoms with Crippen molar-refractivity contribution < 1.29 is 9.18 Å². The van der Waals surface area contributed by atoms with Crippen LogP contribution in [0.2, 0.25) is 0 Å². The Bertz CT molecular complexity index is 1100. The van der Waals surface area contributed by atoms with Gasteiger partial charge in [-0.2, -0.15) is 0 Å². The van der Waals surface area contributed by atoms with Crippen molar-refractivity contribution in [2.45, 2.75) is 26.3 Å². The van der Waals surface area contributed by atoms with Crippen molar-refractivity contribution in [1.29, 1.82) is 0 Å². The Morgan fingerprint density at radius 2 is 1.92 bits per heavy atom. The molecule has 0 N–H and O–H groups in total. The molecule has 0 bridgehead atoms. The van der Waals surface area contributed by atoms with E-state index in [1.165, 1.54) is 12.1 Å². The quantitative estimate of drug-likeness (QED) is 0.340. The van der Waals surface area contributed by atoms with Gasteiger partial charge in [0.25, 0.3) is 5.91 Å². The van der Waals surface area contributed by atoms with Crippen LogP contribution in [-0.2, 0) is 5.54 Å². The Morgan fingerprint density at radius 1 is 1.15 bits per heavy atom. The van der Waals surface area contributed by atoms with E-state index in [0.717, 1.165) is 31.1 Å². The molecule has 6 heteroatoms. The van der Waals surface area contributed by atoms with Gasteiger partial charge in [-0.1, -0.05) is 51.1 Å². The Labute approximate surface area is 163 Å². The number of aryl methyl sites for hydroxylation is 1. The normalized spacial score (nSPS) is 14.7. The molecule has 0 unspecified atom stereocenters. The lowest BCUT2D eigenvalue weighted by atomic mass is 9.86. The summed E-state index contributed by atoms with van der Waals surface area (Å²) in [6.07, 6.45) is 0. The molecular formula is C20H16FNOS3. The van der Waals surface area contributed by atoms with Crippen LogP contribution >= 0.6 is 32.9 Å². The molecule has 2 heterocycles. The van der Waals surface area contributed by atoms with E-state index in [9.17, 15) is 9.18 Å². The van der Waals surface area contributed by atoms with Gasteiger partial charge >= 0.3 is 0 Å². The van der Waals surface area contributed by atoms with Crippen LogP contribution in [0.4, 0.5) is 10.1 Å². The fourth-order valence-corrected chi connectivity index (χ4v) is 6.73. The van der Waals surface area contributed by atoms with Crippen molar-refractivity contribution in [3.63, 3.8) is 0 Å². The number of halogens is 1. The maximum absolute atomic E-state index is 13.7. The van der Waals surface area contributed by atoms with Crippen LogP contribution in [0, 0.1) is 16.6 Å². The maximum Gasteiger partial charge on any atom is 0.259 e. The standard InChI is InChI=1S/C20H16FNOS3/c1-11-7-8-14-15(9-11)22(18(23)12-5-4-6-13(21)10-12)20(2,3)17-16(14)19(24)26-25-17/h4-10H,1-3H3. The van der Waals surface area contributed by atoms with E-state index in [-0.39, 0.29) is 5.91 Å². The molecule has 0 spiro atoms. The summed E-state index contributed by atoms with van der Waals surface area (Å²) in [6, 6.07) is 11.9. The summed E-state index contributed by atoms with van der Waals surface area (Å²) in [6.45, 7) is 6.04. The highest BCUT2D eigenvalue weighted by Crippen LogP contribution is 2.52. The minimum atomic E-state index is -0.572. The van der Waals surface area contributed by atoms with E-state index in [1.54, 1.807) is 37.7 Å². The van der Waals surface area contributed by atoms with E-state index in [4.69, 9.17) is 12.2 Å². The molecule has 0 saturated carbocycles. The molecule has 2 aromatic carbocycles. The summed E-state index contributed by atoms with van der Waals surface area (Å²) in [7, 11) is 3.18. The minimum Gasteiger partial charge on any atom is -0.297 e. The van der Waals surface area contributed by atoms with Crippen molar-refractivity contribution in [3.05, 3.63) is 68.1 Å². The van der Waals surface area contributed by atoms with Gasteiger partial charge < -0.3 is 0 Å². The highest BCUT2D eigenvalue weighted by Gasteiger charge is 2.43. The van der Waals surface area contributed by atoms with Crippen LogP contribution in [0.1, 0.15) is 34.6 Å². The molecule has 0 radical (unpaired) electrons. The fourth-order valence-electron chi connectivity index (χ4n) is 3.45. The minimum absolute atomic E-state index is 0.212. The van der Waals surface area contributed by atoms with E-state index in [2.05, 4.69) is 0 Å². The third kappa shape index (κ3) is 2.55. The zero-order valence-corrected chi connectivity index (χ0v) is 16.9. The molecule has 26 heavy (non-hydrogen) atoms. The average molecular weight is 402 g/mol. The van der Waals surface area contributed by atoms with Crippen LogP contribution in [0.25, 0.3) is 11.1 Å². The smallest absolute Gasteiger partial charge is 0.259 e. The maximum atomic E-state index is 13.7. The fraction of sp³-hybridized carbons (Fsp3) is 0.200. The van der Waals surface area contributed by atoms with Crippen molar-refractivity contribution >= 4 is 44.5 Å². The lowest BCUT2D eigenvalue weighted by molar-refractivity contribution is 0.0961. The van der Waals surface area contributed by atoms with Crippen molar-refractivity contribution in [1.82, 2.24) is 0 Å². The third-order valence-electron chi connectivity index (χ3n) is 4.68. The Hall–Kier alpha value is -1.89. The summed E-state index contributed by atoms with van der Waals surface area (Å²) in [5, 5.41) is 0. The van der Waals surface area contributed by atoms with Crippen molar-refractivity contribution in [3.8, 4) is 11.1 Å². The van der Waals surface area contributed by atoms with Gasteiger partial charge in [0, 0.05) is 16.7 Å². The van der Waals surface area contributed by atoms with Gasteiger partial charge in [0.05, 0.1) is 16.1 Å². The number of amides is 1. The summed E-state index contributed by atoms with van der Waals surface area (Å²) in [5.41, 5.74) is 3.68. The predicted molar refractivity (Wildman–Crippen MR) is 109 cm³/mol. The van der Waals surface area contributed by atoms with Crippen LogP contribution < -0.4 is 4.90 Å². The molecule has 2 nitrogen and oxygen atoms in total. The molecule has 1 aromatic heterocycles. The summed E-state index contributed by atoms with van der Waals surface area (Å²) in [4.78, 5) is 16.3. The third-order valence-corrected chi connectivity index (χ3v) is 8.01. The van der Waals surface area contributed by atoms with E-state index >= 15 is 0 Å². The van der Waals surface area contributed by atoms with Gasteiger partial charge in [-0.25, -0.2) is 4.39 Å². The first-order valence-corrected chi connectivity index (χ1v) is 10.7. The van der Waals surface area contributed by atoms with Gasteiger partial charge in [-0.05, 0) is 50.6 Å². The number of carbonyl (C=O) groups excluding carboxylic acids is 1. The van der Waals surface area contributed by atoms with Crippen molar-refractivity contribution in [2.75, 3.05) is 4.90 Å². The molecule has 0 aliphatic carbocycles. The zero-order chi connectivity index (χ0) is 18.6. The molecule has 0 fully saturated rings. The van der Waals surface area contributed by atoms with Crippen LogP contribution in [0.3, 0.4) is 0 Å². The monoisotopic (exact) mass is 401 g/mol. The van der Waals surface area contributed by atoms with Gasteiger partial charge in [0.15, 0.2) is 0 Å². The van der Waals surface area contributed by atoms with Crippen LogP contribution in [-0.4, -0.2) is 5.91 Å². The molecule has 3 aromatic rings. The molecule has 1 aliphatic heterocycles. The largest absolute Gasteiger partial charge is 0.297 e. The number of benzene rings is 2. The first-order valence-electron chi connectivity index (χ1n) is 8.15. The lowest BCUT2D eigenvalue weighted by Gasteiger charge is -2.43. The molecule has 1 aliphatic rings. The first-order chi connectivity index (χ1) is 12.3. The van der Waals surface area contributed by atoms with Gasteiger partial charge in [-0.15, -0.1) is 0 Å².